The summed E-state index contributed by atoms with van der Waals surface area (Å²) in [5.74, 6) is -0.0984. The molecule has 0 heterocycles. The Kier molecular flexibility index (Phi) is 3.31. The Morgan fingerprint density at radius 1 is 1.38 bits per heavy atom. The minimum Gasteiger partial charge on any atom is -0.468 e. The summed E-state index contributed by atoms with van der Waals surface area (Å²) in [4.78, 5) is 11.6. The van der Waals surface area contributed by atoms with Gasteiger partial charge in [-0.3, -0.25) is 10.1 Å². The number of carbonyl (C=O) groups excluding carboxylic acids is 1. The molecule has 1 saturated carbocycles. The zero-order valence-electron chi connectivity index (χ0n) is 8.72. The molecule has 0 aromatic heterocycles. The molecule has 76 valence electrons. The third-order valence-corrected chi connectivity index (χ3v) is 2.60. The van der Waals surface area contributed by atoms with Crippen LogP contribution in [0.4, 0.5) is 0 Å². The molecular weight excluding hydrogens is 166 g/mol. The first-order valence-electron chi connectivity index (χ1n) is 4.97. The van der Waals surface area contributed by atoms with E-state index < -0.39 is 0 Å². The lowest BCUT2D eigenvalue weighted by Crippen LogP contribution is -2.53. The number of rotatable bonds is 3. The van der Waals surface area contributed by atoms with Crippen molar-refractivity contribution in [3.8, 4) is 0 Å². The second-order valence-electron chi connectivity index (χ2n) is 4.08. The summed E-state index contributed by atoms with van der Waals surface area (Å²) < 4.78 is 4.84. The van der Waals surface area contributed by atoms with Crippen LogP contribution < -0.4 is 5.32 Å². The summed E-state index contributed by atoms with van der Waals surface area (Å²) in [5, 5.41) is 3.33. The van der Waals surface area contributed by atoms with Gasteiger partial charge in [-0.1, -0.05) is 12.8 Å². The Morgan fingerprint density at radius 3 is 2.31 bits per heavy atom. The summed E-state index contributed by atoms with van der Waals surface area (Å²) in [6, 6.07) is 0.331. The van der Waals surface area contributed by atoms with E-state index in [9.17, 15) is 4.79 Å². The van der Waals surface area contributed by atoms with Gasteiger partial charge in [0.05, 0.1) is 7.11 Å². The van der Waals surface area contributed by atoms with Crippen molar-refractivity contribution in [3.63, 3.8) is 0 Å². The summed E-state index contributed by atoms with van der Waals surface area (Å²) in [7, 11) is 1.46. The van der Waals surface area contributed by atoms with Gasteiger partial charge in [-0.2, -0.15) is 0 Å². The Balaban J connectivity index is 2.68. The van der Waals surface area contributed by atoms with Crippen molar-refractivity contribution in [2.24, 2.45) is 0 Å². The highest BCUT2D eigenvalue weighted by atomic mass is 16.5. The van der Waals surface area contributed by atoms with Gasteiger partial charge in [0.15, 0.2) is 0 Å². The van der Waals surface area contributed by atoms with Crippen molar-refractivity contribution >= 4 is 5.97 Å². The summed E-state index contributed by atoms with van der Waals surface area (Å²) in [6.45, 7) is 4.12. The second kappa shape index (κ2) is 4.09. The van der Waals surface area contributed by atoms with Crippen molar-refractivity contribution in [1.82, 2.24) is 5.32 Å². The van der Waals surface area contributed by atoms with E-state index in [1.54, 1.807) is 0 Å². The molecule has 0 aromatic carbocycles. The lowest BCUT2D eigenvalue weighted by atomic mass is 9.97. The molecule has 1 aliphatic rings. The van der Waals surface area contributed by atoms with Gasteiger partial charge in [0, 0.05) is 6.04 Å². The zero-order chi connectivity index (χ0) is 9.90. The minimum atomic E-state index is -0.386. The minimum absolute atomic E-state index is 0.0984. The van der Waals surface area contributed by atoms with E-state index in [1.165, 1.54) is 7.11 Å². The van der Waals surface area contributed by atoms with Gasteiger partial charge in [-0.25, -0.2) is 0 Å². The number of carbonyl (C=O) groups is 1. The van der Waals surface area contributed by atoms with Gasteiger partial charge >= 0.3 is 5.97 Å². The van der Waals surface area contributed by atoms with Gasteiger partial charge in [-0.15, -0.1) is 0 Å². The molecule has 1 rings (SSSR count). The number of hydrogen-bond acceptors (Lipinski definition) is 3. The lowest BCUT2D eigenvalue weighted by molar-refractivity contribution is -0.148. The van der Waals surface area contributed by atoms with E-state index in [-0.39, 0.29) is 11.5 Å². The molecule has 0 atom stereocenters. The van der Waals surface area contributed by atoms with Crippen molar-refractivity contribution in [2.45, 2.75) is 51.1 Å². The summed E-state index contributed by atoms with van der Waals surface area (Å²) in [5.41, 5.74) is -0.386. The van der Waals surface area contributed by atoms with Crippen LogP contribution in [0.25, 0.3) is 0 Å². The van der Waals surface area contributed by atoms with E-state index in [4.69, 9.17) is 4.74 Å². The molecule has 0 aliphatic heterocycles. The highest BCUT2D eigenvalue weighted by molar-refractivity contribution is 5.81. The summed E-state index contributed by atoms with van der Waals surface area (Å²) in [6.07, 6.45) is 4.07. The topological polar surface area (TPSA) is 38.3 Å². The van der Waals surface area contributed by atoms with Crippen LogP contribution >= 0.6 is 0 Å². The Hall–Kier alpha value is -0.570. The molecule has 3 nitrogen and oxygen atoms in total. The maximum Gasteiger partial charge on any atom is 0.326 e. The standard InChI is InChI=1S/C10H19NO2/c1-8(2)11-10(9(12)13-3)6-4-5-7-10/h8,11H,4-7H2,1-3H3. The van der Waals surface area contributed by atoms with E-state index in [0.29, 0.717) is 6.04 Å². The fourth-order valence-corrected chi connectivity index (χ4v) is 2.13. The molecule has 1 N–H and O–H groups in total. The molecule has 0 aromatic rings. The largest absolute Gasteiger partial charge is 0.468 e. The molecule has 0 saturated heterocycles. The second-order valence-corrected chi connectivity index (χ2v) is 4.08. The predicted octanol–water partition coefficient (Wildman–Crippen LogP) is 1.47. The quantitative estimate of drug-likeness (QED) is 0.677. The average Bonchev–Trinajstić information content (AvgIpc) is 2.51. The van der Waals surface area contributed by atoms with Crippen LogP contribution in [-0.4, -0.2) is 24.7 Å². The van der Waals surface area contributed by atoms with Crippen LogP contribution in [0.2, 0.25) is 0 Å². The molecule has 0 amide bonds. The Bertz CT molecular complexity index is 183. The van der Waals surface area contributed by atoms with Crippen LogP contribution in [0.5, 0.6) is 0 Å². The van der Waals surface area contributed by atoms with Crippen molar-refractivity contribution in [2.75, 3.05) is 7.11 Å². The lowest BCUT2D eigenvalue weighted by Gasteiger charge is -2.29. The van der Waals surface area contributed by atoms with E-state index in [2.05, 4.69) is 19.2 Å². The highest BCUT2D eigenvalue weighted by Gasteiger charge is 2.42. The first-order chi connectivity index (χ1) is 6.10. The Labute approximate surface area is 79.8 Å². The molecular formula is C10H19NO2. The normalized spacial score (nSPS) is 20.6. The van der Waals surface area contributed by atoms with E-state index in [0.717, 1.165) is 25.7 Å². The van der Waals surface area contributed by atoms with Crippen molar-refractivity contribution in [3.05, 3.63) is 0 Å². The SMILES string of the molecule is COC(=O)C1(NC(C)C)CCCC1. The van der Waals surface area contributed by atoms with Crippen LogP contribution in [0.1, 0.15) is 39.5 Å². The van der Waals surface area contributed by atoms with Gasteiger partial charge in [0.1, 0.15) is 5.54 Å². The predicted molar refractivity (Wildman–Crippen MR) is 51.5 cm³/mol. The molecule has 0 unspecified atom stereocenters. The maximum absolute atomic E-state index is 11.6. The van der Waals surface area contributed by atoms with Gasteiger partial charge < -0.3 is 4.74 Å². The monoisotopic (exact) mass is 185 g/mol. The number of esters is 1. The molecule has 0 radical (unpaired) electrons. The number of nitrogens with one attached hydrogen (secondary N) is 1. The highest BCUT2D eigenvalue weighted by Crippen LogP contribution is 2.31. The van der Waals surface area contributed by atoms with E-state index >= 15 is 0 Å². The Morgan fingerprint density at radius 2 is 1.92 bits per heavy atom. The van der Waals surface area contributed by atoms with Crippen molar-refractivity contribution < 1.29 is 9.53 Å². The first-order valence-corrected chi connectivity index (χ1v) is 4.97. The molecule has 1 aliphatic carbocycles. The summed E-state index contributed by atoms with van der Waals surface area (Å²) >= 11 is 0. The van der Waals surface area contributed by atoms with Crippen LogP contribution in [0.15, 0.2) is 0 Å². The fourth-order valence-electron chi connectivity index (χ4n) is 2.13. The molecule has 1 fully saturated rings. The van der Waals surface area contributed by atoms with E-state index in [1.807, 2.05) is 0 Å². The maximum atomic E-state index is 11.6. The van der Waals surface area contributed by atoms with Crippen LogP contribution in [0, 0.1) is 0 Å². The number of ether oxygens (including phenoxy) is 1. The number of methoxy groups -OCH3 is 1. The average molecular weight is 185 g/mol. The number of hydrogen-bond donors (Lipinski definition) is 1. The third kappa shape index (κ3) is 2.21. The zero-order valence-corrected chi connectivity index (χ0v) is 8.72. The molecule has 0 spiro atoms. The van der Waals surface area contributed by atoms with Gasteiger partial charge in [0.25, 0.3) is 0 Å². The molecule has 3 heteroatoms. The molecule has 13 heavy (non-hydrogen) atoms. The van der Waals surface area contributed by atoms with Crippen LogP contribution in [0.3, 0.4) is 0 Å². The smallest absolute Gasteiger partial charge is 0.326 e. The van der Waals surface area contributed by atoms with Gasteiger partial charge in [0.2, 0.25) is 0 Å². The third-order valence-electron chi connectivity index (χ3n) is 2.60. The fraction of sp³-hybridized carbons (Fsp3) is 0.900. The first kappa shape index (κ1) is 10.5. The molecule has 0 bridgehead atoms. The van der Waals surface area contributed by atoms with Gasteiger partial charge in [-0.05, 0) is 26.7 Å². The van der Waals surface area contributed by atoms with Crippen molar-refractivity contribution in [1.29, 1.82) is 0 Å². The van der Waals surface area contributed by atoms with Crippen LogP contribution in [-0.2, 0) is 9.53 Å².